The van der Waals surface area contributed by atoms with Crippen LogP contribution in [0.3, 0.4) is 0 Å². The number of nitrogens with zero attached hydrogens (tertiary/aromatic N) is 2. The fraction of sp³-hybridized carbons (Fsp3) is 0.722. The summed E-state index contributed by atoms with van der Waals surface area (Å²) in [5, 5.41) is 0. The summed E-state index contributed by atoms with van der Waals surface area (Å²) in [7, 11) is 0. The Hall–Kier alpha value is -1.09. The Balaban J connectivity index is 2.05. The van der Waals surface area contributed by atoms with Gasteiger partial charge in [-0.25, -0.2) is 4.98 Å². The van der Waals surface area contributed by atoms with Crippen molar-refractivity contribution in [3.8, 4) is 0 Å². The second-order valence-corrected chi connectivity index (χ2v) is 7.01. The van der Waals surface area contributed by atoms with Gasteiger partial charge in [0.2, 0.25) is 0 Å². The van der Waals surface area contributed by atoms with Gasteiger partial charge in [0.15, 0.2) is 0 Å². The van der Waals surface area contributed by atoms with Crippen LogP contribution in [0.25, 0.3) is 0 Å². The lowest BCUT2D eigenvalue weighted by atomic mass is 9.78. The fourth-order valence-corrected chi connectivity index (χ4v) is 3.13. The highest BCUT2D eigenvalue weighted by Gasteiger charge is 2.29. The maximum absolute atomic E-state index is 6.04. The molecule has 2 rings (SSSR count). The second-order valence-electron chi connectivity index (χ2n) is 7.01. The zero-order valence-electron chi connectivity index (χ0n) is 14.2. The van der Waals surface area contributed by atoms with Gasteiger partial charge in [-0.05, 0) is 49.1 Å². The van der Waals surface area contributed by atoms with Crippen molar-refractivity contribution < 1.29 is 0 Å². The summed E-state index contributed by atoms with van der Waals surface area (Å²) in [5.74, 6) is 1.17. The zero-order valence-corrected chi connectivity index (χ0v) is 14.2. The largest absolute Gasteiger partial charge is 0.356 e. The third-order valence-electron chi connectivity index (χ3n) is 5.25. The summed E-state index contributed by atoms with van der Waals surface area (Å²) in [4.78, 5) is 7.19. The second kappa shape index (κ2) is 6.78. The molecule has 0 saturated carbocycles. The molecule has 0 radical (unpaired) electrons. The first-order valence-corrected chi connectivity index (χ1v) is 8.43. The van der Waals surface area contributed by atoms with E-state index in [1.807, 2.05) is 6.20 Å². The van der Waals surface area contributed by atoms with E-state index in [0.717, 1.165) is 25.9 Å². The minimum atomic E-state index is 0.247. The third kappa shape index (κ3) is 3.97. The van der Waals surface area contributed by atoms with Crippen molar-refractivity contribution in [2.75, 3.05) is 18.0 Å². The van der Waals surface area contributed by atoms with E-state index in [4.69, 9.17) is 10.7 Å². The Bertz CT molecular complexity index is 462. The topological polar surface area (TPSA) is 42.1 Å². The van der Waals surface area contributed by atoms with Crippen LogP contribution in [-0.2, 0) is 6.42 Å². The molecule has 1 fully saturated rings. The van der Waals surface area contributed by atoms with Crippen LogP contribution in [0.15, 0.2) is 12.3 Å². The van der Waals surface area contributed by atoms with E-state index < -0.39 is 0 Å². The summed E-state index contributed by atoms with van der Waals surface area (Å²) in [6.07, 6.45) is 7.79. The Morgan fingerprint density at radius 2 is 2.00 bits per heavy atom. The molecule has 1 unspecified atom stereocenters. The van der Waals surface area contributed by atoms with Gasteiger partial charge in [-0.2, -0.15) is 0 Å². The van der Waals surface area contributed by atoms with Crippen molar-refractivity contribution in [3.05, 3.63) is 23.4 Å². The van der Waals surface area contributed by atoms with Crippen LogP contribution in [0.4, 0.5) is 5.82 Å². The van der Waals surface area contributed by atoms with Crippen LogP contribution in [-0.4, -0.2) is 24.1 Å². The number of anilines is 1. The van der Waals surface area contributed by atoms with E-state index in [0.29, 0.717) is 5.41 Å². The molecule has 3 nitrogen and oxygen atoms in total. The molecule has 1 aliphatic rings. The maximum atomic E-state index is 6.04. The average molecular weight is 289 g/mol. The molecule has 1 atom stereocenters. The van der Waals surface area contributed by atoms with Gasteiger partial charge in [-0.1, -0.05) is 33.3 Å². The molecule has 1 aromatic rings. The Labute approximate surface area is 129 Å². The summed E-state index contributed by atoms with van der Waals surface area (Å²) in [6, 6.07) is 2.52. The summed E-state index contributed by atoms with van der Waals surface area (Å²) < 4.78 is 0. The quantitative estimate of drug-likeness (QED) is 0.899. The van der Waals surface area contributed by atoms with Crippen molar-refractivity contribution in [2.45, 2.75) is 65.8 Å². The van der Waals surface area contributed by atoms with E-state index >= 15 is 0 Å². The number of aryl methyl sites for hydroxylation is 1. The molecule has 1 aromatic heterocycles. The van der Waals surface area contributed by atoms with Crippen LogP contribution in [0.5, 0.6) is 0 Å². The molecule has 0 amide bonds. The number of nitrogens with two attached hydrogens (primary N) is 1. The lowest BCUT2D eigenvalue weighted by Gasteiger charge is -2.40. The number of hydrogen-bond donors (Lipinski definition) is 1. The normalized spacial score (nSPS) is 19.6. The number of pyridine rings is 1. The molecule has 2 heterocycles. The molecular formula is C18H31N3. The highest BCUT2D eigenvalue weighted by Crippen LogP contribution is 2.35. The van der Waals surface area contributed by atoms with E-state index in [1.165, 1.54) is 36.2 Å². The lowest BCUT2D eigenvalue weighted by molar-refractivity contribution is 0.237. The Kier molecular flexibility index (Phi) is 5.26. The Morgan fingerprint density at radius 3 is 2.52 bits per heavy atom. The van der Waals surface area contributed by atoms with Crippen molar-refractivity contribution in [1.82, 2.24) is 4.98 Å². The van der Waals surface area contributed by atoms with Gasteiger partial charge in [-0.3, -0.25) is 0 Å². The van der Waals surface area contributed by atoms with Gasteiger partial charge in [-0.15, -0.1) is 0 Å². The number of rotatable bonds is 5. The molecule has 1 saturated heterocycles. The molecule has 3 heteroatoms. The highest BCUT2D eigenvalue weighted by molar-refractivity contribution is 5.48. The molecule has 0 spiro atoms. The summed E-state index contributed by atoms with van der Waals surface area (Å²) in [5.41, 5.74) is 9.12. The number of hydrogen-bond acceptors (Lipinski definition) is 3. The molecule has 21 heavy (non-hydrogen) atoms. The standard InChI is InChI=1S/C18H31N3/c1-5-16(19)12-15-11-14(3)17(20-13-15)21-9-7-18(4,6-2)8-10-21/h11,13,16H,5-10,12,19H2,1-4H3. The summed E-state index contributed by atoms with van der Waals surface area (Å²) >= 11 is 0. The molecular weight excluding hydrogens is 258 g/mol. The lowest BCUT2D eigenvalue weighted by Crippen LogP contribution is -2.39. The average Bonchev–Trinajstić information content (AvgIpc) is 2.48. The maximum Gasteiger partial charge on any atom is 0.131 e. The SMILES string of the molecule is CCC(N)Cc1cnc(N2CCC(C)(CC)CC2)c(C)c1. The van der Waals surface area contributed by atoms with Crippen LogP contribution >= 0.6 is 0 Å². The third-order valence-corrected chi connectivity index (χ3v) is 5.25. The van der Waals surface area contributed by atoms with E-state index in [1.54, 1.807) is 0 Å². The van der Waals surface area contributed by atoms with Crippen molar-refractivity contribution >= 4 is 5.82 Å². The van der Waals surface area contributed by atoms with E-state index in [-0.39, 0.29) is 6.04 Å². The first-order chi connectivity index (χ1) is 9.97. The predicted octanol–water partition coefficient (Wildman–Crippen LogP) is 3.69. The molecule has 0 aliphatic carbocycles. The van der Waals surface area contributed by atoms with Crippen molar-refractivity contribution in [1.29, 1.82) is 0 Å². The fourth-order valence-electron chi connectivity index (χ4n) is 3.13. The number of aromatic nitrogens is 1. The van der Waals surface area contributed by atoms with Gasteiger partial charge >= 0.3 is 0 Å². The van der Waals surface area contributed by atoms with E-state index in [9.17, 15) is 0 Å². The Morgan fingerprint density at radius 1 is 1.33 bits per heavy atom. The van der Waals surface area contributed by atoms with Gasteiger partial charge < -0.3 is 10.6 Å². The van der Waals surface area contributed by atoms with Gasteiger partial charge in [0.05, 0.1) is 0 Å². The first kappa shape index (κ1) is 16.3. The minimum absolute atomic E-state index is 0.247. The van der Waals surface area contributed by atoms with Crippen LogP contribution < -0.4 is 10.6 Å². The monoisotopic (exact) mass is 289 g/mol. The van der Waals surface area contributed by atoms with Crippen LogP contribution in [0, 0.1) is 12.3 Å². The predicted molar refractivity (Wildman–Crippen MR) is 90.8 cm³/mol. The molecule has 118 valence electrons. The smallest absolute Gasteiger partial charge is 0.131 e. The van der Waals surface area contributed by atoms with Gasteiger partial charge in [0.25, 0.3) is 0 Å². The van der Waals surface area contributed by atoms with Gasteiger partial charge in [0.1, 0.15) is 5.82 Å². The zero-order chi connectivity index (χ0) is 15.5. The number of piperidine rings is 1. The van der Waals surface area contributed by atoms with Crippen molar-refractivity contribution in [3.63, 3.8) is 0 Å². The highest BCUT2D eigenvalue weighted by atomic mass is 15.2. The van der Waals surface area contributed by atoms with E-state index in [2.05, 4.69) is 38.7 Å². The molecule has 0 aromatic carbocycles. The minimum Gasteiger partial charge on any atom is -0.356 e. The van der Waals surface area contributed by atoms with Crippen LogP contribution in [0.2, 0.25) is 0 Å². The van der Waals surface area contributed by atoms with Crippen molar-refractivity contribution in [2.24, 2.45) is 11.1 Å². The van der Waals surface area contributed by atoms with Crippen LogP contribution in [0.1, 0.15) is 57.6 Å². The summed E-state index contributed by atoms with van der Waals surface area (Å²) in [6.45, 7) is 11.3. The molecule has 0 bridgehead atoms. The first-order valence-electron chi connectivity index (χ1n) is 8.43. The molecule has 1 aliphatic heterocycles. The van der Waals surface area contributed by atoms with Gasteiger partial charge in [0, 0.05) is 25.3 Å². The molecule has 2 N–H and O–H groups in total.